The summed E-state index contributed by atoms with van der Waals surface area (Å²) in [6, 6.07) is 8.95. The van der Waals surface area contributed by atoms with Gasteiger partial charge < -0.3 is 20.2 Å². The second-order valence-corrected chi connectivity index (χ2v) is 6.56. The molecule has 0 radical (unpaired) electrons. The highest BCUT2D eigenvalue weighted by Crippen LogP contribution is 2.27. The number of aliphatic hydroxyl groups is 2. The molecule has 0 bridgehead atoms. The van der Waals surface area contributed by atoms with Crippen molar-refractivity contribution >= 4 is 11.9 Å². The van der Waals surface area contributed by atoms with Gasteiger partial charge in [-0.1, -0.05) is 37.3 Å². The van der Waals surface area contributed by atoms with Crippen molar-refractivity contribution in [2.24, 2.45) is 5.92 Å². The first-order chi connectivity index (χ1) is 11.9. The molecule has 25 heavy (non-hydrogen) atoms. The Labute approximate surface area is 147 Å². The molecular weight excluding hydrogens is 322 g/mol. The van der Waals surface area contributed by atoms with E-state index in [0.29, 0.717) is 12.1 Å². The van der Waals surface area contributed by atoms with Crippen LogP contribution in [0.25, 0.3) is 0 Å². The minimum Gasteiger partial charge on any atom is -0.481 e. The number of aliphatic carboxylic acids is 1. The molecule has 1 amide bonds. The van der Waals surface area contributed by atoms with Gasteiger partial charge in [-0.15, -0.1) is 0 Å². The summed E-state index contributed by atoms with van der Waals surface area (Å²) in [5.41, 5.74) is 0.632. The molecule has 136 valence electrons. The van der Waals surface area contributed by atoms with Crippen LogP contribution < -0.4 is 0 Å². The number of hydrogen-bond donors (Lipinski definition) is 3. The van der Waals surface area contributed by atoms with E-state index < -0.39 is 24.6 Å². The zero-order valence-electron chi connectivity index (χ0n) is 14.3. The van der Waals surface area contributed by atoms with Crippen molar-refractivity contribution in [3.8, 4) is 0 Å². The van der Waals surface area contributed by atoms with Crippen molar-refractivity contribution in [2.75, 3.05) is 6.54 Å². The monoisotopic (exact) mass is 347 g/mol. The minimum absolute atomic E-state index is 0.0417. The first-order valence-corrected chi connectivity index (χ1v) is 8.50. The Morgan fingerprint density at radius 1 is 1.28 bits per heavy atom. The SMILES string of the molecule is C[C@H]1CCN(C(=O)c2ccccc2)[C@H]1C=C[C@@H](O)C[C@@H](O)CC(=O)O. The standard InChI is InChI=1S/C19H25NO5/c1-13-9-10-20(19(25)14-5-3-2-4-6-14)17(13)8-7-15(21)11-16(22)12-18(23)24/h2-8,13,15-17,21-22H,9-12H2,1H3,(H,23,24)/t13-,15+,16+,17-/m0/s1. The average molecular weight is 347 g/mol. The fourth-order valence-electron chi connectivity index (χ4n) is 3.13. The number of carboxylic acid groups (broad SMARTS) is 1. The molecular formula is C19H25NO5. The summed E-state index contributed by atoms with van der Waals surface area (Å²) in [7, 11) is 0. The maximum absolute atomic E-state index is 12.7. The van der Waals surface area contributed by atoms with Crippen molar-refractivity contribution in [3.05, 3.63) is 48.0 Å². The number of nitrogens with zero attached hydrogens (tertiary/aromatic N) is 1. The van der Waals surface area contributed by atoms with Gasteiger partial charge in [0.1, 0.15) is 0 Å². The molecule has 0 spiro atoms. The highest BCUT2D eigenvalue weighted by Gasteiger charge is 2.33. The van der Waals surface area contributed by atoms with Crippen molar-refractivity contribution in [1.29, 1.82) is 0 Å². The lowest BCUT2D eigenvalue weighted by atomic mass is 10.0. The second-order valence-electron chi connectivity index (χ2n) is 6.56. The van der Waals surface area contributed by atoms with Crippen molar-refractivity contribution in [3.63, 3.8) is 0 Å². The molecule has 0 unspecified atom stereocenters. The van der Waals surface area contributed by atoms with Crippen LogP contribution in [0.2, 0.25) is 0 Å². The lowest BCUT2D eigenvalue weighted by molar-refractivity contribution is -0.139. The van der Waals surface area contributed by atoms with Gasteiger partial charge in [0.05, 0.1) is 24.7 Å². The second kappa shape index (κ2) is 8.78. The molecule has 3 N–H and O–H groups in total. The third-order valence-electron chi connectivity index (χ3n) is 4.50. The van der Waals surface area contributed by atoms with Crippen LogP contribution >= 0.6 is 0 Å². The Balaban J connectivity index is 2.00. The number of benzene rings is 1. The van der Waals surface area contributed by atoms with Gasteiger partial charge in [-0.25, -0.2) is 0 Å². The maximum Gasteiger partial charge on any atom is 0.305 e. The topological polar surface area (TPSA) is 98.1 Å². The fraction of sp³-hybridized carbons (Fsp3) is 0.474. The summed E-state index contributed by atoms with van der Waals surface area (Å²) in [5.74, 6) is -0.882. The van der Waals surface area contributed by atoms with Crippen LogP contribution in [-0.2, 0) is 4.79 Å². The largest absolute Gasteiger partial charge is 0.481 e. The summed E-state index contributed by atoms with van der Waals surface area (Å²) in [6.07, 6.45) is 1.72. The molecule has 2 rings (SSSR count). The quantitative estimate of drug-likeness (QED) is 0.652. The molecule has 1 aromatic rings. The van der Waals surface area contributed by atoms with Gasteiger partial charge in [0.2, 0.25) is 0 Å². The summed E-state index contributed by atoms with van der Waals surface area (Å²) in [6.45, 7) is 2.71. The predicted octanol–water partition coefficient (Wildman–Crippen LogP) is 1.68. The molecule has 0 aliphatic carbocycles. The molecule has 0 aromatic heterocycles. The van der Waals surface area contributed by atoms with E-state index in [2.05, 4.69) is 6.92 Å². The number of carboxylic acids is 1. The Morgan fingerprint density at radius 2 is 1.96 bits per heavy atom. The molecule has 1 aliphatic heterocycles. The van der Waals surface area contributed by atoms with Crippen LogP contribution in [0.3, 0.4) is 0 Å². The van der Waals surface area contributed by atoms with E-state index in [0.717, 1.165) is 6.42 Å². The lowest BCUT2D eigenvalue weighted by Gasteiger charge is -2.25. The van der Waals surface area contributed by atoms with Crippen molar-refractivity contribution in [1.82, 2.24) is 4.90 Å². The van der Waals surface area contributed by atoms with Crippen LogP contribution in [0, 0.1) is 5.92 Å². The summed E-state index contributed by atoms with van der Waals surface area (Å²) >= 11 is 0. The highest BCUT2D eigenvalue weighted by molar-refractivity contribution is 5.94. The van der Waals surface area contributed by atoms with Gasteiger partial charge >= 0.3 is 5.97 Å². The average Bonchev–Trinajstić information content (AvgIpc) is 2.93. The van der Waals surface area contributed by atoms with Gasteiger partial charge in [-0.05, 0) is 24.5 Å². The van der Waals surface area contributed by atoms with Crippen LogP contribution in [0.1, 0.15) is 36.5 Å². The van der Waals surface area contributed by atoms with Crippen LogP contribution in [0.15, 0.2) is 42.5 Å². The van der Waals surface area contributed by atoms with Gasteiger partial charge in [-0.3, -0.25) is 9.59 Å². The van der Waals surface area contributed by atoms with E-state index in [1.807, 2.05) is 18.2 Å². The van der Waals surface area contributed by atoms with Gasteiger partial charge in [0, 0.05) is 18.5 Å². The van der Waals surface area contributed by atoms with Crippen LogP contribution in [-0.4, -0.2) is 56.9 Å². The van der Waals surface area contributed by atoms with Gasteiger partial charge in [0.15, 0.2) is 0 Å². The Morgan fingerprint density at radius 3 is 2.60 bits per heavy atom. The molecule has 1 saturated heterocycles. The normalized spacial score (nSPS) is 22.9. The Hall–Kier alpha value is -2.18. The number of carbonyl (C=O) groups is 2. The molecule has 6 heteroatoms. The van der Waals surface area contributed by atoms with Crippen molar-refractivity contribution < 1.29 is 24.9 Å². The summed E-state index contributed by atoms with van der Waals surface area (Å²) in [5, 5.41) is 28.2. The fourth-order valence-corrected chi connectivity index (χ4v) is 3.13. The van der Waals surface area contributed by atoms with Crippen LogP contribution in [0.4, 0.5) is 0 Å². The Bertz CT molecular complexity index is 616. The number of rotatable bonds is 7. The number of likely N-dealkylation sites (tertiary alicyclic amines) is 1. The molecule has 1 heterocycles. The minimum atomic E-state index is -1.10. The maximum atomic E-state index is 12.7. The number of hydrogen-bond acceptors (Lipinski definition) is 4. The van der Waals surface area contributed by atoms with Crippen molar-refractivity contribution in [2.45, 2.75) is 44.4 Å². The van der Waals surface area contributed by atoms with E-state index in [-0.39, 0.29) is 24.3 Å². The highest BCUT2D eigenvalue weighted by atomic mass is 16.4. The third-order valence-corrected chi connectivity index (χ3v) is 4.50. The zero-order chi connectivity index (χ0) is 18.4. The first-order valence-electron chi connectivity index (χ1n) is 8.50. The predicted molar refractivity (Wildman–Crippen MR) is 93.1 cm³/mol. The lowest BCUT2D eigenvalue weighted by Crippen LogP contribution is -2.36. The summed E-state index contributed by atoms with van der Waals surface area (Å²) in [4.78, 5) is 25.0. The van der Waals surface area contributed by atoms with E-state index in [1.54, 1.807) is 29.2 Å². The summed E-state index contributed by atoms with van der Waals surface area (Å²) < 4.78 is 0. The smallest absolute Gasteiger partial charge is 0.305 e. The third kappa shape index (κ3) is 5.41. The Kier molecular flexibility index (Phi) is 6.73. The zero-order valence-corrected chi connectivity index (χ0v) is 14.3. The van der Waals surface area contributed by atoms with Gasteiger partial charge in [-0.2, -0.15) is 0 Å². The van der Waals surface area contributed by atoms with E-state index in [9.17, 15) is 19.8 Å². The number of amides is 1. The van der Waals surface area contributed by atoms with E-state index in [1.165, 1.54) is 0 Å². The number of carbonyl (C=O) groups excluding carboxylic acids is 1. The molecule has 6 nitrogen and oxygen atoms in total. The van der Waals surface area contributed by atoms with E-state index >= 15 is 0 Å². The van der Waals surface area contributed by atoms with Crippen LogP contribution in [0.5, 0.6) is 0 Å². The number of aliphatic hydroxyl groups excluding tert-OH is 2. The van der Waals surface area contributed by atoms with Gasteiger partial charge in [0.25, 0.3) is 5.91 Å². The molecule has 1 aliphatic rings. The molecule has 4 atom stereocenters. The van der Waals surface area contributed by atoms with E-state index in [4.69, 9.17) is 5.11 Å². The molecule has 1 aromatic carbocycles. The molecule has 1 fully saturated rings. The first kappa shape index (κ1) is 19.1. The molecule has 0 saturated carbocycles.